The van der Waals surface area contributed by atoms with Crippen LogP contribution in [-0.4, -0.2) is 6.04 Å². The summed E-state index contributed by atoms with van der Waals surface area (Å²) in [7, 11) is 0. The highest BCUT2D eigenvalue weighted by Crippen LogP contribution is 2.23. The van der Waals surface area contributed by atoms with E-state index in [1.807, 2.05) is 12.1 Å². The molecule has 0 bridgehead atoms. The molecule has 102 valence electrons. The van der Waals surface area contributed by atoms with Crippen LogP contribution in [0.25, 0.3) is 0 Å². The van der Waals surface area contributed by atoms with Gasteiger partial charge in [0.05, 0.1) is 3.79 Å². The maximum atomic E-state index is 13.1. The number of nitrogens with one attached hydrogen (secondary N) is 1. The molecule has 1 atom stereocenters. The maximum absolute atomic E-state index is 13.1. The summed E-state index contributed by atoms with van der Waals surface area (Å²) >= 11 is 5.04. The molecule has 2 nitrogen and oxygen atoms in total. The van der Waals surface area contributed by atoms with Crippen molar-refractivity contribution < 1.29 is 8.78 Å². The SMILES string of the molecule is NNC(Cc1ccc(F)c(F)c1)Cc1ccc(Br)s1. The number of nitrogens with two attached hydrogens (primary N) is 1. The summed E-state index contributed by atoms with van der Waals surface area (Å²) in [6.07, 6.45) is 1.29. The van der Waals surface area contributed by atoms with Crippen LogP contribution in [0.3, 0.4) is 0 Å². The van der Waals surface area contributed by atoms with Gasteiger partial charge in [-0.05, 0) is 58.6 Å². The quantitative estimate of drug-likeness (QED) is 0.643. The van der Waals surface area contributed by atoms with Crippen LogP contribution < -0.4 is 11.3 Å². The Kier molecular flexibility index (Phi) is 5.04. The van der Waals surface area contributed by atoms with E-state index in [4.69, 9.17) is 5.84 Å². The molecule has 1 aromatic carbocycles. The second-order valence-corrected chi connectivity index (χ2v) is 6.77. The molecule has 0 saturated carbocycles. The lowest BCUT2D eigenvalue weighted by atomic mass is 10.0. The summed E-state index contributed by atoms with van der Waals surface area (Å²) in [5, 5.41) is 0. The Labute approximate surface area is 122 Å². The number of hydrogen-bond acceptors (Lipinski definition) is 3. The Morgan fingerprint density at radius 2 is 1.95 bits per heavy atom. The van der Waals surface area contributed by atoms with Crippen molar-refractivity contribution in [3.05, 3.63) is 56.2 Å². The zero-order valence-corrected chi connectivity index (χ0v) is 12.4. The van der Waals surface area contributed by atoms with E-state index in [1.165, 1.54) is 10.9 Å². The van der Waals surface area contributed by atoms with Gasteiger partial charge >= 0.3 is 0 Å². The molecule has 0 amide bonds. The third-order valence-corrected chi connectivity index (χ3v) is 4.42. The molecule has 1 unspecified atom stereocenters. The van der Waals surface area contributed by atoms with Crippen molar-refractivity contribution in [2.45, 2.75) is 18.9 Å². The fraction of sp³-hybridized carbons (Fsp3) is 0.231. The predicted molar refractivity (Wildman–Crippen MR) is 76.9 cm³/mol. The first-order chi connectivity index (χ1) is 9.08. The van der Waals surface area contributed by atoms with Crippen LogP contribution in [0.15, 0.2) is 34.1 Å². The molecule has 6 heteroatoms. The topological polar surface area (TPSA) is 38.0 Å². The molecule has 1 heterocycles. The second-order valence-electron chi connectivity index (χ2n) is 4.23. The van der Waals surface area contributed by atoms with E-state index in [-0.39, 0.29) is 6.04 Å². The van der Waals surface area contributed by atoms with Gasteiger partial charge in [0.2, 0.25) is 0 Å². The zero-order chi connectivity index (χ0) is 13.8. The van der Waals surface area contributed by atoms with Gasteiger partial charge < -0.3 is 0 Å². The summed E-state index contributed by atoms with van der Waals surface area (Å²) in [6, 6.07) is 7.91. The average molecular weight is 347 g/mol. The largest absolute Gasteiger partial charge is 0.271 e. The van der Waals surface area contributed by atoms with Crippen LogP contribution in [-0.2, 0) is 12.8 Å². The van der Waals surface area contributed by atoms with Gasteiger partial charge in [-0.2, -0.15) is 0 Å². The minimum Gasteiger partial charge on any atom is -0.271 e. The first-order valence-electron chi connectivity index (χ1n) is 5.72. The molecular formula is C13H13BrF2N2S. The smallest absolute Gasteiger partial charge is 0.159 e. The van der Waals surface area contributed by atoms with Crippen molar-refractivity contribution in [2.75, 3.05) is 0 Å². The summed E-state index contributed by atoms with van der Waals surface area (Å²) in [5.41, 5.74) is 3.44. The van der Waals surface area contributed by atoms with Crippen molar-refractivity contribution >= 4 is 27.3 Å². The number of hydrogen-bond donors (Lipinski definition) is 2. The molecule has 19 heavy (non-hydrogen) atoms. The normalized spacial score (nSPS) is 12.6. The summed E-state index contributed by atoms with van der Waals surface area (Å²) in [6.45, 7) is 0. The number of benzene rings is 1. The van der Waals surface area contributed by atoms with Gasteiger partial charge in [0.25, 0.3) is 0 Å². The standard InChI is InChI=1S/C13H13BrF2N2S/c14-13-4-2-10(19-13)7-9(18-17)5-8-1-3-11(15)12(16)6-8/h1-4,6,9,18H,5,7,17H2. The molecular weight excluding hydrogens is 334 g/mol. The van der Waals surface area contributed by atoms with Crippen molar-refractivity contribution in [3.8, 4) is 0 Å². The first-order valence-corrected chi connectivity index (χ1v) is 7.33. The predicted octanol–water partition coefficient (Wildman–Crippen LogP) is 3.41. The van der Waals surface area contributed by atoms with Crippen LogP contribution in [0.1, 0.15) is 10.4 Å². The maximum Gasteiger partial charge on any atom is 0.159 e. The Morgan fingerprint density at radius 1 is 1.16 bits per heavy atom. The van der Waals surface area contributed by atoms with Crippen molar-refractivity contribution in [1.29, 1.82) is 0 Å². The summed E-state index contributed by atoms with van der Waals surface area (Å²) < 4.78 is 27.0. The fourth-order valence-corrected chi connectivity index (χ4v) is 3.41. The lowest BCUT2D eigenvalue weighted by molar-refractivity contribution is 0.499. The van der Waals surface area contributed by atoms with E-state index in [0.29, 0.717) is 6.42 Å². The molecule has 2 rings (SSSR count). The van der Waals surface area contributed by atoms with Crippen LogP contribution in [0, 0.1) is 11.6 Å². The summed E-state index contributed by atoms with van der Waals surface area (Å²) in [5.74, 6) is 3.86. The van der Waals surface area contributed by atoms with Crippen LogP contribution in [0.2, 0.25) is 0 Å². The third-order valence-electron chi connectivity index (χ3n) is 2.78. The van der Waals surface area contributed by atoms with Crippen molar-refractivity contribution in [2.24, 2.45) is 5.84 Å². The molecule has 0 radical (unpaired) electrons. The minimum absolute atomic E-state index is 0.0181. The minimum atomic E-state index is -0.830. The lowest BCUT2D eigenvalue weighted by Crippen LogP contribution is -2.38. The van der Waals surface area contributed by atoms with E-state index in [9.17, 15) is 8.78 Å². The highest BCUT2D eigenvalue weighted by Gasteiger charge is 2.12. The van der Waals surface area contributed by atoms with Crippen LogP contribution in [0.4, 0.5) is 8.78 Å². The van der Waals surface area contributed by atoms with Crippen molar-refractivity contribution in [3.63, 3.8) is 0 Å². The van der Waals surface area contributed by atoms with E-state index in [0.717, 1.165) is 21.8 Å². The molecule has 0 spiro atoms. The Hall–Kier alpha value is -0.820. The number of hydrazine groups is 1. The van der Waals surface area contributed by atoms with Gasteiger partial charge in [0.15, 0.2) is 11.6 Å². The molecule has 0 aliphatic heterocycles. The summed E-state index contributed by atoms with van der Waals surface area (Å²) in [4.78, 5) is 1.18. The molecule has 1 aromatic heterocycles. The van der Waals surface area contributed by atoms with Crippen LogP contribution >= 0.6 is 27.3 Å². The number of thiophene rings is 1. The average Bonchev–Trinajstić information content (AvgIpc) is 2.78. The van der Waals surface area contributed by atoms with E-state index >= 15 is 0 Å². The number of halogens is 3. The van der Waals surface area contributed by atoms with E-state index < -0.39 is 11.6 Å². The van der Waals surface area contributed by atoms with Gasteiger partial charge in [0.1, 0.15) is 0 Å². The lowest BCUT2D eigenvalue weighted by Gasteiger charge is -2.15. The molecule has 2 aromatic rings. The Morgan fingerprint density at radius 3 is 2.53 bits per heavy atom. The van der Waals surface area contributed by atoms with Gasteiger partial charge in [-0.1, -0.05) is 6.07 Å². The molecule has 0 saturated heterocycles. The van der Waals surface area contributed by atoms with E-state index in [1.54, 1.807) is 17.4 Å². The third kappa shape index (κ3) is 4.07. The molecule has 0 aliphatic rings. The highest BCUT2D eigenvalue weighted by molar-refractivity contribution is 9.11. The molecule has 0 fully saturated rings. The van der Waals surface area contributed by atoms with Crippen LogP contribution in [0.5, 0.6) is 0 Å². The zero-order valence-electron chi connectivity index (χ0n) is 10.00. The monoisotopic (exact) mass is 346 g/mol. The fourth-order valence-electron chi connectivity index (χ4n) is 1.85. The van der Waals surface area contributed by atoms with E-state index in [2.05, 4.69) is 21.4 Å². The molecule has 3 N–H and O–H groups in total. The highest BCUT2D eigenvalue weighted by atomic mass is 79.9. The van der Waals surface area contributed by atoms with Gasteiger partial charge in [-0.15, -0.1) is 11.3 Å². The van der Waals surface area contributed by atoms with Gasteiger partial charge in [0, 0.05) is 10.9 Å². The van der Waals surface area contributed by atoms with Crippen molar-refractivity contribution in [1.82, 2.24) is 5.43 Å². The first kappa shape index (κ1) is 14.6. The second kappa shape index (κ2) is 6.56. The van der Waals surface area contributed by atoms with Gasteiger partial charge in [-0.25, -0.2) is 8.78 Å². The molecule has 0 aliphatic carbocycles. The Balaban J connectivity index is 2.04. The Bertz CT molecular complexity index is 559. The number of rotatable bonds is 5. The van der Waals surface area contributed by atoms with Gasteiger partial charge in [-0.3, -0.25) is 11.3 Å².